The zero-order valence-corrected chi connectivity index (χ0v) is 26.1. The summed E-state index contributed by atoms with van der Waals surface area (Å²) in [6.07, 6.45) is 1.23. The second-order valence-electron chi connectivity index (χ2n) is 12.0. The third kappa shape index (κ3) is 7.21. The van der Waals surface area contributed by atoms with E-state index in [0.29, 0.717) is 24.0 Å². The van der Waals surface area contributed by atoms with Gasteiger partial charge in [0.2, 0.25) is 5.91 Å². The predicted molar refractivity (Wildman–Crippen MR) is 161 cm³/mol. The lowest BCUT2D eigenvalue weighted by Crippen LogP contribution is -2.45. The number of rotatable bonds is 8. The summed E-state index contributed by atoms with van der Waals surface area (Å²) in [6, 6.07) is 14.5. The molecule has 3 aliphatic rings. The van der Waals surface area contributed by atoms with Crippen molar-refractivity contribution in [1.29, 1.82) is 0 Å². The summed E-state index contributed by atoms with van der Waals surface area (Å²) >= 11 is 2.14. The Labute approximate surface area is 259 Å². The van der Waals surface area contributed by atoms with E-state index in [9.17, 15) is 19.5 Å². The Morgan fingerprint density at radius 2 is 1.81 bits per heavy atom. The van der Waals surface area contributed by atoms with Crippen LogP contribution in [-0.2, 0) is 41.4 Å². The van der Waals surface area contributed by atoms with Crippen LogP contribution in [0.25, 0.3) is 0 Å². The molecular weight excluding hydrogens is 653 g/mol. The predicted octanol–water partition coefficient (Wildman–Crippen LogP) is 4.02. The van der Waals surface area contributed by atoms with E-state index >= 15 is 0 Å². The number of hydrogen-bond acceptors (Lipinski definition) is 8. The number of carbonyl (C=O) groups is 3. The second kappa shape index (κ2) is 12.4. The van der Waals surface area contributed by atoms with Gasteiger partial charge in [0.25, 0.3) is 0 Å². The molecule has 224 valence electrons. The Morgan fingerprint density at radius 3 is 2.45 bits per heavy atom. The Balaban J connectivity index is 1.32. The molecule has 0 radical (unpaired) electrons. The highest BCUT2D eigenvalue weighted by Gasteiger charge is 2.55. The van der Waals surface area contributed by atoms with Crippen LogP contribution < -0.4 is 5.32 Å². The van der Waals surface area contributed by atoms with Crippen molar-refractivity contribution in [3.63, 3.8) is 0 Å². The number of ether oxygens (including phenoxy) is 4. The van der Waals surface area contributed by atoms with Gasteiger partial charge in [-0.1, -0.05) is 30.3 Å². The fourth-order valence-corrected chi connectivity index (χ4v) is 6.20. The molecule has 42 heavy (non-hydrogen) atoms. The summed E-state index contributed by atoms with van der Waals surface area (Å²) in [4.78, 5) is 38.8. The average molecular weight is 690 g/mol. The Hall–Kier alpha value is -2.80. The van der Waals surface area contributed by atoms with Crippen LogP contribution in [0.4, 0.5) is 0 Å². The molecule has 0 unspecified atom stereocenters. The summed E-state index contributed by atoms with van der Waals surface area (Å²) < 4.78 is 25.2. The molecule has 2 aromatic carbocycles. The van der Waals surface area contributed by atoms with Crippen LogP contribution in [-0.4, -0.2) is 65.3 Å². The number of aliphatic hydroxyl groups is 1. The van der Waals surface area contributed by atoms with Crippen molar-refractivity contribution >= 4 is 40.4 Å². The molecule has 1 heterocycles. The van der Waals surface area contributed by atoms with Crippen LogP contribution in [0.15, 0.2) is 60.2 Å². The summed E-state index contributed by atoms with van der Waals surface area (Å²) in [5.41, 5.74) is 2.43. The van der Waals surface area contributed by atoms with Crippen molar-refractivity contribution in [2.45, 2.75) is 88.6 Å². The maximum Gasteiger partial charge on any atom is 0.338 e. The number of halogens is 1. The molecule has 4 atom stereocenters. The number of benzene rings is 2. The number of esters is 2. The van der Waals surface area contributed by atoms with Crippen molar-refractivity contribution in [1.82, 2.24) is 5.32 Å². The van der Waals surface area contributed by atoms with Gasteiger partial charge in [-0.3, -0.25) is 9.59 Å². The van der Waals surface area contributed by atoms with E-state index < -0.39 is 53.6 Å². The van der Waals surface area contributed by atoms with Crippen LogP contribution in [0.3, 0.4) is 0 Å². The van der Waals surface area contributed by atoms with Crippen LogP contribution >= 0.6 is 22.6 Å². The topological polar surface area (TPSA) is 120 Å². The number of fused-ring (bicyclic) bond motifs is 2. The minimum absolute atomic E-state index is 0.0443. The van der Waals surface area contributed by atoms with Crippen molar-refractivity contribution < 1.29 is 38.4 Å². The van der Waals surface area contributed by atoms with Crippen LogP contribution in [0.1, 0.15) is 61.5 Å². The van der Waals surface area contributed by atoms with Gasteiger partial charge < -0.3 is 29.4 Å². The summed E-state index contributed by atoms with van der Waals surface area (Å²) in [5, 5.41) is 12.7. The van der Waals surface area contributed by atoms with E-state index in [1.165, 1.54) is 0 Å². The number of aliphatic hydroxyl groups excluding tert-OH is 1. The second-order valence-corrected chi connectivity index (χ2v) is 13.3. The lowest BCUT2D eigenvalue weighted by molar-refractivity contribution is -0.172. The van der Waals surface area contributed by atoms with Crippen molar-refractivity contribution in [3.8, 4) is 0 Å². The fourth-order valence-electron chi connectivity index (χ4n) is 5.66. The molecule has 1 saturated heterocycles. The molecule has 0 bridgehead atoms. The summed E-state index contributed by atoms with van der Waals surface area (Å²) in [5.74, 6) is -2.25. The molecule has 2 N–H and O–H groups in total. The quantitative estimate of drug-likeness (QED) is 0.315. The van der Waals surface area contributed by atoms with Gasteiger partial charge in [0, 0.05) is 34.8 Å². The van der Waals surface area contributed by atoms with E-state index in [1.54, 1.807) is 45.0 Å². The third-order valence-electron chi connectivity index (χ3n) is 7.50. The highest BCUT2D eigenvalue weighted by Crippen LogP contribution is 2.45. The maximum atomic E-state index is 13.4. The molecule has 9 nitrogen and oxygen atoms in total. The first-order valence-corrected chi connectivity index (χ1v) is 15.2. The molecule has 1 aliphatic heterocycles. The van der Waals surface area contributed by atoms with Crippen LogP contribution in [0, 0.1) is 3.57 Å². The van der Waals surface area contributed by atoms with Gasteiger partial charge in [-0.25, -0.2) is 4.79 Å². The number of amides is 1. The minimum Gasteiger partial charge on any atom is -0.460 e. The molecule has 1 amide bonds. The SMILES string of the molecule is CC(C)(C)OC(=O)CC[C@@H](CO)NC(=O)C1=C[C@H]2OC3(Cc4ccccc4C3)O[C@H]2[C@H](OC(=O)c2cccc(I)c2)C1. The molecule has 1 fully saturated rings. The van der Waals surface area contributed by atoms with E-state index in [2.05, 4.69) is 27.9 Å². The number of nitrogens with one attached hydrogen (secondary N) is 1. The maximum absolute atomic E-state index is 13.4. The number of hydrogen-bond donors (Lipinski definition) is 2. The Morgan fingerprint density at radius 1 is 1.10 bits per heavy atom. The largest absolute Gasteiger partial charge is 0.460 e. The first-order chi connectivity index (χ1) is 19.9. The molecular formula is C32H36INO8. The van der Waals surface area contributed by atoms with E-state index in [1.807, 2.05) is 30.3 Å². The van der Waals surface area contributed by atoms with E-state index in [0.717, 1.165) is 14.7 Å². The summed E-state index contributed by atoms with van der Waals surface area (Å²) in [7, 11) is 0. The lowest BCUT2D eigenvalue weighted by Gasteiger charge is -2.31. The first-order valence-electron chi connectivity index (χ1n) is 14.2. The van der Waals surface area contributed by atoms with E-state index in [-0.39, 0.29) is 25.9 Å². The van der Waals surface area contributed by atoms with Crippen molar-refractivity contribution in [2.24, 2.45) is 0 Å². The lowest BCUT2D eigenvalue weighted by atomic mass is 9.91. The molecule has 10 heteroatoms. The van der Waals surface area contributed by atoms with E-state index in [4.69, 9.17) is 18.9 Å². The molecule has 1 spiro atoms. The van der Waals surface area contributed by atoms with Gasteiger partial charge in [0.15, 0.2) is 5.79 Å². The molecule has 0 saturated carbocycles. The highest BCUT2D eigenvalue weighted by molar-refractivity contribution is 14.1. The van der Waals surface area contributed by atoms with Crippen molar-refractivity contribution in [2.75, 3.05) is 6.61 Å². The van der Waals surface area contributed by atoms with Gasteiger partial charge >= 0.3 is 11.9 Å². The zero-order chi connectivity index (χ0) is 30.1. The van der Waals surface area contributed by atoms with Gasteiger partial charge in [0.1, 0.15) is 23.9 Å². The standard InChI is InChI=1S/C32H36INO8/c1-31(2,3)41-27(36)12-11-24(18-35)34-29(37)22-14-25(39-30(38)19-9-6-10-23(33)13-19)28-26(15-22)40-32(42-28)16-20-7-4-5-8-21(20)17-32/h4-10,13,15,24-26,28,35H,11-12,14,16-18H2,1-3H3,(H,34,37)/t24-,25+,26+,28-/m0/s1. The van der Waals surface area contributed by atoms with Gasteiger partial charge in [-0.05, 0) is 85.2 Å². The van der Waals surface area contributed by atoms with Gasteiger partial charge in [-0.15, -0.1) is 0 Å². The zero-order valence-electron chi connectivity index (χ0n) is 23.9. The molecule has 0 aromatic heterocycles. The number of carbonyl (C=O) groups excluding carboxylic acids is 3. The third-order valence-corrected chi connectivity index (χ3v) is 8.17. The Kier molecular flexibility index (Phi) is 9.08. The Bertz CT molecular complexity index is 1360. The normalized spacial score (nSPS) is 23.0. The summed E-state index contributed by atoms with van der Waals surface area (Å²) in [6.45, 7) is 5.00. The minimum atomic E-state index is -0.907. The van der Waals surface area contributed by atoms with Crippen LogP contribution in [0.2, 0.25) is 0 Å². The molecule has 2 aliphatic carbocycles. The van der Waals surface area contributed by atoms with Gasteiger partial charge in [0.05, 0.1) is 18.2 Å². The monoisotopic (exact) mass is 689 g/mol. The average Bonchev–Trinajstić information content (AvgIpc) is 3.48. The molecule has 2 aromatic rings. The first kappa shape index (κ1) is 30.7. The van der Waals surface area contributed by atoms with Crippen molar-refractivity contribution in [3.05, 3.63) is 80.4 Å². The molecule has 5 rings (SSSR count). The smallest absolute Gasteiger partial charge is 0.338 e. The van der Waals surface area contributed by atoms with Gasteiger partial charge in [-0.2, -0.15) is 0 Å². The van der Waals surface area contributed by atoms with Crippen LogP contribution in [0.5, 0.6) is 0 Å². The highest BCUT2D eigenvalue weighted by atomic mass is 127. The fraction of sp³-hybridized carbons (Fsp3) is 0.469.